The van der Waals surface area contributed by atoms with Crippen molar-refractivity contribution < 1.29 is 18.7 Å². The molecule has 29 heavy (non-hydrogen) atoms. The van der Waals surface area contributed by atoms with Gasteiger partial charge in [-0.1, -0.05) is 20.8 Å². The second-order valence-electron chi connectivity index (χ2n) is 8.59. The van der Waals surface area contributed by atoms with E-state index >= 15 is 0 Å². The average molecular weight is 455 g/mol. The van der Waals surface area contributed by atoms with E-state index in [2.05, 4.69) is 33.9 Å². The Labute approximate surface area is 185 Å². The van der Waals surface area contributed by atoms with E-state index in [1.54, 1.807) is 54.9 Å². The lowest BCUT2D eigenvalue weighted by Crippen LogP contribution is -2.40. The second kappa shape index (κ2) is 10.9. The summed E-state index contributed by atoms with van der Waals surface area (Å²) in [5.41, 5.74) is 0.534. The molecule has 1 saturated heterocycles. The smallest absolute Gasteiger partial charge is 0.343 e. The standard InChI is InChI=1S/C22H34O4S2Si/c1-22(2,3)29(5,6)25-14-7-9-19(21-27-15-8-16-28-21)26-20(23)17-10-12-18(24-4)13-11-17/h10-13H,7-9,14-16H2,1-6H3. The van der Waals surface area contributed by atoms with E-state index in [1.165, 1.54) is 6.42 Å². The monoisotopic (exact) mass is 454 g/mol. The van der Waals surface area contributed by atoms with Gasteiger partial charge < -0.3 is 13.9 Å². The number of ether oxygens (including phenoxy) is 2. The minimum Gasteiger partial charge on any atom is -0.497 e. The molecule has 0 bridgehead atoms. The predicted octanol–water partition coefficient (Wildman–Crippen LogP) is 6.69. The number of hydrogen-bond acceptors (Lipinski definition) is 6. The molecule has 162 valence electrons. The van der Waals surface area contributed by atoms with E-state index in [0.29, 0.717) is 18.6 Å². The molecule has 1 aromatic carbocycles. The first-order valence-electron chi connectivity index (χ1n) is 10.1. The van der Waals surface area contributed by atoms with Gasteiger partial charge in [0.25, 0.3) is 0 Å². The van der Waals surface area contributed by atoms with E-state index in [0.717, 1.165) is 33.7 Å². The highest BCUT2D eigenvalue weighted by Crippen LogP contribution is 2.39. The summed E-state index contributed by atoms with van der Waals surface area (Å²) in [5.74, 6) is 3.35. The predicted molar refractivity (Wildman–Crippen MR) is 127 cm³/mol. The zero-order chi connectivity index (χ0) is 21.5. The number of carbonyl (C=O) groups excluding carboxylic acids is 1. The van der Waals surface area contributed by atoms with Crippen LogP contribution in [0.15, 0.2) is 34.3 Å². The molecule has 0 amide bonds. The van der Waals surface area contributed by atoms with Gasteiger partial charge in [-0.15, -0.1) is 23.5 Å². The minimum atomic E-state index is -1.76. The van der Waals surface area contributed by atoms with Gasteiger partial charge in [-0.2, -0.15) is 0 Å². The van der Waals surface area contributed by atoms with Crippen LogP contribution in [-0.2, 0) is 9.16 Å². The number of esters is 1. The van der Waals surface area contributed by atoms with Gasteiger partial charge in [0, 0.05) is 13.0 Å². The summed E-state index contributed by atoms with van der Waals surface area (Å²) in [4.78, 5) is 12.7. The molecule has 0 N–H and O–H groups in total. The van der Waals surface area contributed by atoms with Gasteiger partial charge in [0.15, 0.2) is 8.32 Å². The molecule has 1 aliphatic heterocycles. The first-order chi connectivity index (χ1) is 13.6. The van der Waals surface area contributed by atoms with Crippen molar-refractivity contribution in [3.8, 4) is 5.75 Å². The van der Waals surface area contributed by atoms with E-state index in [4.69, 9.17) is 13.9 Å². The van der Waals surface area contributed by atoms with E-state index in [-0.39, 0.29) is 11.0 Å². The Morgan fingerprint density at radius 3 is 2.28 bits per heavy atom. The molecule has 1 aromatic rings. The highest BCUT2D eigenvalue weighted by molar-refractivity contribution is 8.22. The van der Waals surface area contributed by atoms with Crippen LogP contribution in [0.3, 0.4) is 0 Å². The summed E-state index contributed by atoms with van der Waals surface area (Å²) in [5, 5.41) is 0.199. The van der Waals surface area contributed by atoms with Crippen molar-refractivity contribution in [2.75, 3.05) is 25.2 Å². The van der Waals surface area contributed by atoms with Gasteiger partial charge in [-0.3, -0.25) is 0 Å². The van der Waals surface area contributed by atoms with Gasteiger partial charge in [0.1, 0.15) is 11.5 Å². The van der Waals surface area contributed by atoms with Crippen LogP contribution in [0.5, 0.6) is 5.75 Å². The Morgan fingerprint density at radius 1 is 1.10 bits per heavy atom. The Kier molecular flexibility index (Phi) is 9.19. The number of thioether (sulfide) groups is 2. The molecular formula is C22H34O4S2Si. The van der Waals surface area contributed by atoms with Gasteiger partial charge in [-0.05, 0) is 66.7 Å². The third kappa shape index (κ3) is 7.38. The number of hydrogen-bond donors (Lipinski definition) is 0. The van der Waals surface area contributed by atoms with Crippen molar-refractivity contribution in [3.63, 3.8) is 0 Å². The molecule has 0 saturated carbocycles. The summed E-state index contributed by atoms with van der Waals surface area (Å²) >= 11 is 3.59. The number of benzene rings is 1. The van der Waals surface area contributed by atoms with Gasteiger partial charge >= 0.3 is 5.97 Å². The molecule has 0 aromatic heterocycles. The highest BCUT2D eigenvalue weighted by Gasteiger charge is 2.36. The summed E-state index contributed by atoms with van der Waals surface area (Å²) in [7, 11) is -0.146. The van der Waals surface area contributed by atoms with Crippen molar-refractivity contribution in [2.24, 2.45) is 0 Å². The summed E-state index contributed by atoms with van der Waals surface area (Å²) in [6.45, 7) is 12.0. The SMILES string of the molecule is COc1ccc(C(=O)OC(CCCO[Si](C)(C)C(C)(C)C)=C2SCCCS2)cc1. The lowest BCUT2D eigenvalue weighted by Gasteiger charge is -2.36. The van der Waals surface area contributed by atoms with Crippen LogP contribution in [-0.4, -0.2) is 39.5 Å². The highest BCUT2D eigenvalue weighted by atomic mass is 32.2. The summed E-state index contributed by atoms with van der Waals surface area (Å²) < 4.78 is 18.5. The third-order valence-electron chi connectivity index (χ3n) is 5.34. The zero-order valence-electron chi connectivity index (χ0n) is 18.5. The fraction of sp³-hybridized carbons (Fsp3) is 0.591. The number of carbonyl (C=O) groups is 1. The van der Waals surface area contributed by atoms with Crippen LogP contribution in [0, 0.1) is 0 Å². The molecule has 0 unspecified atom stereocenters. The zero-order valence-corrected chi connectivity index (χ0v) is 21.1. The Balaban J connectivity index is 2.01. The molecule has 7 heteroatoms. The van der Waals surface area contributed by atoms with Crippen LogP contribution < -0.4 is 4.74 Å². The van der Waals surface area contributed by atoms with Gasteiger partial charge in [0.2, 0.25) is 0 Å². The van der Waals surface area contributed by atoms with Gasteiger partial charge in [-0.25, -0.2) is 4.79 Å². The quantitative estimate of drug-likeness (QED) is 0.189. The maximum absolute atomic E-state index is 12.7. The van der Waals surface area contributed by atoms with Crippen LogP contribution in [0.25, 0.3) is 0 Å². The molecule has 1 fully saturated rings. The summed E-state index contributed by atoms with van der Waals surface area (Å²) in [6, 6.07) is 7.04. The average Bonchev–Trinajstić information content (AvgIpc) is 2.70. The normalized spacial score (nSPS) is 15.2. The molecule has 1 aliphatic rings. The molecule has 0 atom stereocenters. The van der Waals surface area contributed by atoms with Gasteiger partial charge in [0.05, 0.1) is 16.9 Å². The van der Waals surface area contributed by atoms with Crippen molar-refractivity contribution in [3.05, 3.63) is 39.8 Å². The molecule has 0 spiro atoms. The summed E-state index contributed by atoms with van der Waals surface area (Å²) in [6.07, 6.45) is 2.75. The topological polar surface area (TPSA) is 44.8 Å². The van der Waals surface area contributed by atoms with Crippen LogP contribution in [0.2, 0.25) is 18.1 Å². The number of rotatable bonds is 8. The molecule has 4 nitrogen and oxygen atoms in total. The largest absolute Gasteiger partial charge is 0.497 e. The van der Waals surface area contributed by atoms with Crippen molar-refractivity contribution in [2.45, 2.75) is 58.2 Å². The third-order valence-corrected chi connectivity index (χ3v) is 12.6. The maximum Gasteiger partial charge on any atom is 0.343 e. The fourth-order valence-electron chi connectivity index (χ4n) is 2.46. The van der Waals surface area contributed by atoms with Crippen LogP contribution >= 0.6 is 23.5 Å². The molecule has 2 rings (SSSR count). The van der Waals surface area contributed by atoms with Crippen molar-refractivity contribution in [1.29, 1.82) is 0 Å². The molecule has 0 aliphatic carbocycles. The molecule has 0 radical (unpaired) electrons. The first-order valence-corrected chi connectivity index (χ1v) is 15.0. The lowest BCUT2D eigenvalue weighted by atomic mass is 10.2. The maximum atomic E-state index is 12.7. The Bertz CT molecular complexity index is 701. The fourth-order valence-corrected chi connectivity index (χ4v) is 6.12. The van der Waals surface area contributed by atoms with Crippen molar-refractivity contribution >= 4 is 37.8 Å². The van der Waals surface area contributed by atoms with Crippen molar-refractivity contribution in [1.82, 2.24) is 0 Å². The Hall–Kier alpha value is -0.893. The van der Waals surface area contributed by atoms with Crippen LogP contribution in [0.4, 0.5) is 0 Å². The first kappa shape index (κ1) is 24.4. The second-order valence-corrected chi connectivity index (χ2v) is 15.9. The molecular weight excluding hydrogens is 420 g/mol. The van der Waals surface area contributed by atoms with E-state index in [1.807, 2.05) is 0 Å². The molecule has 1 heterocycles. The van der Waals surface area contributed by atoms with E-state index in [9.17, 15) is 4.79 Å². The number of allylic oxidation sites excluding steroid dienone is 1. The van der Waals surface area contributed by atoms with Crippen LogP contribution in [0.1, 0.15) is 50.4 Å². The Morgan fingerprint density at radius 2 is 1.72 bits per heavy atom. The minimum absolute atomic E-state index is 0.199. The lowest BCUT2D eigenvalue weighted by molar-refractivity contribution is 0.0610. The van der Waals surface area contributed by atoms with E-state index < -0.39 is 8.32 Å². The number of methoxy groups -OCH3 is 1.